The van der Waals surface area contributed by atoms with Crippen molar-refractivity contribution in [3.8, 4) is 46.7 Å². The molecule has 0 radical (unpaired) electrons. The van der Waals surface area contributed by atoms with Crippen LogP contribution in [0.2, 0.25) is 0 Å². The predicted molar refractivity (Wildman–Crippen MR) is 358 cm³/mol. The number of benzene rings is 5. The number of H-pyrrole nitrogens is 1. The molecule has 14 nitrogen and oxygen atoms in total. The fourth-order valence-corrected chi connectivity index (χ4v) is 16.7. The minimum Gasteiger partial charge on any atom is -0.508 e. The first kappa shape index (κ1) is 64.3. The maximum atomic E-state index is 15.6. The molecule has 1 aromatic heterocycles. The number of aromatic nitrogens is 1. The summed E-state index contributed by atoms with van der Waals surface area (Å²) in [5.41, 5.74) is 9.28. The normalized spacial score (nSPS) is 29.5. The van der Waals surface area contributed by atoms with Crippen molar-refractivity contribution in [3.63, 3.8) is 0 Å². The van der Waals surface area contributed by atoms with Crippen LogP contribution in [0.5, 0.6) is 23.0 Å². The molecule has 6 aliphatic rings. The molecular formula is C78H90N4O10. The van der Waals surface area contributed by atoms with Crippen molar-refractivity contribution in [2.24, 2.45) is 53.3 Å². The first-order chi connectivity index (χ1) is 44.5. The monoisotopic (exact) mass is 1240 g/mol. The molecule has 15 atom stereocenters. The quantitative estimate of drug-likeness (QED) is 0.0551. The Morgan fingerprint density at radius 1 is 0.739 bits per heavy atom. The average Bonchev–Trinajstić information content (AvgIpc) is 1.41. The highest BCUT2D eigenvalue weighted by atomic mass is 16.5. The number of allylic oxidation sites excluding steroid dienone is 2. The van der Waals surface area contributed by atoms with Gasteiger partial charge in [-0.25, -0.2) is 0 Å². The molecule has 0 saturated heterocycles. The number of anilines is 1. The number of ketones is 2. The third-order valence-electron chi connectivity index (χ3n) is 21.7. The maximum Gasteiger partial charge on any atom is 0.173 e. The zero-order chi connectivity index (χ0) is 64.3. The number of β-amino-alcohol motifs (C(OH)–C–C–N with tert-alkyl or cyclic N) is 1. The number of carbonyl (C=O) groups excluding carboxylic acids is 2. The second-order valence-corrected chi connectivity index (χ2v) is 27.5. The molecule has 92 heavy (non-hydrogen) atoms. The fraction of sp³-hybridized carbons (Fsp3) is 0.462. The number of hydrogen-bond donors (Lipinski definition) is 11. The van der Waals surface area contributed by atoms with Gasteiger partial charge in [-0.3, -0.25) is 9.59 Å². The van der Waals surface area contributed by atoms with Gasteiger partial charge < -0.3 is 61.4 Å². The Balaban J connectivity index is 1.07. The van der Waals surface area contributed by atoms with Crippen LogP contribution in [0, 0.1) is 76.9 Å². The Labute approximate surface area is 541 Å². The molecule has 15 unspecified atom stereocenters. The van der Waals surface area contributed by atoms with Gasteiger partial charge in [0, 0.05) is 91.6 Å². The van der Waals surface area contributed by atoms with Crippen LogP contribution in [-0.2, 0) is 41.9 Å². The van der Waals surface area contributed by atoms with Crippen LogP contribution in [0.15, 0.2) is 121 Å². The summed E-state index contributed by atoms with van der Waals surface area (Å²) in [5.74, 6) is 12.4. The van der Waals surface area contributed by atoms with Gasteiger partial charge in [-0.15, -0.1) is 5.92 Å². The van der Waals surface area contributed by atoms with E-state index >= 15 is 4.79 Å². The van der Waals surface area contributed by atoms with Crippen molar-refractivity contribution in [2.75, 3.05) is 32.1 Å². The standard InChI is InChI=1S/C78H90N4O10/c1-5-10-62-55-30-54-29-49-20-23-64(66-39-73(88)74(92-4)35-50(66)21-24-71(86)78(91)77(90)67(49)34-55)63-14-7-6-13-61(63)53-27-44(2)65(33-48-12-9-16-70(85)69(48)43-83)47(28-53)11-8-15-60(54)51-25-26-80-75(36-51)82-57-22-19-46-17-18-52(76(89)68(46)37-57)32-59(84)42-79-40-45(3)56-31-58(81-41-56)38-72(62)87/h6-7,9,12-14,16-19,22,25,31,35-37,39,41,44-45,47,49,53-55,59-60,62,64-65,67,72,78-85,87-89,91H,5,10,15,21,24,26-30,32-34,38,40,42-43H2,1-4H3. The second kappa shape index (κ2) is 28.2. The van der Waals surface area contributed by atoms with Gasteiger partial charge in [-0.1, -0.05) is 106 Å². The van der Waals surface area contributed by atoms with Crippen molar-refractivity contribution in [1.29, 1.82) is 0 Å². The Bertz CT molecular complexity index is 3900. The summed E-state index contributed by atoms with van der Waals surface area (Å²) < 4.78 is 5.71. The number of dihydropyridines is 1. The van der Waals surface area contributed by atoms with Crippen molar-refractivity contribution in [3.05, 3.63) is 171 Å². The molecule has 14 heteroatoms. The van der Waals surface area contributed by atoms with Crippen LogP contribution in [0.1, 0.15) is 147 Å². The van der Waals surface area contributed by atoms with Gasteiger partial charge in [0.05, 0.1) is 31.8 Å². The first-order valence-corrected chi connectivity index (χ1v) is 33.6. The third kappa shape index (κ3) is 13.7. The van der Waals surface area contributed by atoms with E-state index in [1.54, 1.807) is 18.2 Å². The van der Waals surface area contributed by atoms with E-state index in [2.05, 4.69) is 102 Å². The molecule has 0 amide bonds. The lowest BCUT2D eigenvalue weighted by Gasteiger charge is -2.40. The van der Waals surface area contributed by atoms with Crippen LogP contribution in [-0.4, -0.2) is 97.4 Å². The third-order valence-corrected chi connectivity index (χ3v) is 21.7. The molecule has 13 bridgehead atoms. The average molecular weight is 1240 g/mol. The summed E-state index contributed by atoms with van der Waals surface area (Å²) in [4.78, 5) is 33.8. The number of methoxy groups -OCH3 is 1. The highest BCUT2D eigenvalue weighted by molar-refractivity contribution is 6.06. The largest absolute Gasteiger partial charge is 0.508 e. The van der Waals surface area contributed by atoms with Crippen LogP contribution in [0.4, 0.5) is 5.69 Å². The lowest BCUT2D eigenvalue weighted by molar-refractivity contribution is -0.142. The Kier molecular flexibility index (Phi) is 19.7. The minimum absolute atomic E-state index is 0.0203. The zero-order valence-corrected chi connectivity index (χ0v) is 53.4. The number of aryl methyl sites for hydroxylation is 1. The number of aromatic hydroxyl groups is 3. The molecule has 482 valence electrons. The van der Waals surface area contributed by atoms with Crippen LogP contribution in [0.3, 0.4) is 0 Å². The van der Waals surface area contributed by atoms with Crippen molar-refractivity contribution in [2.45, 2.75) is 147 Å². The summed E-state index contributed by atoms with van der Waals surface area (Å²) in [6.07, 6.45) is 8.74. The van der Waals surface area contributed by atoms with E-state index < -0.39 is 47.6 Å². The number of fused-ring (bicyclic) bond motifs is 15. The van der Waals surface area contributed by atoms with E-state index in [-0.39, 0.29) is 109 Å². The number of hydrogen-bond acceptors (Lipinski definition) is 13. The summed E-state index contributed by atoms with van der Waals surface area (Å²) in [5, 5.41) is 94.1. The number of aliphatic hydroxyl groups is 4. The second-order valence-electron chi connectivity index (χ2n) is 27.5. The van der Waals surface area contributed by atoms with E-state index in [4.69, 9.17) is 4.74 Å². The van der Waals surface area contributed by atoms with E-state index in [9.17, 15) is 40.5 Å². The van der Waals surface area contributed by atoms with Crippen LogP contribution >= 0.6 is 0 Å². The van der Waals surface area contributed by atoms with Crippen molar-refractivity contribution < 1.29 is 50.1 Å². The van der Waals surface area contributed by atoms with Gasteiger partial charge in [-0.2, -0.15) is 0 Å². The Morgan fingerprint density at radius 2 is 1.57 bits per heavy atom. The van der Waals surface area contributed by atoms with Crippen molar-refractivity contribution in [1.82, 2.24) is 15.6 Å². The molecule has 4 aliphatic carbocycles. The lowest BCUT2D eigenvalue weighted by atomic mass is 9.64. The fourth-order valence-electron chi connectivity index (χ4n) is 16.7. The van der Waals surface area contributed by atoms with Gasteiger partial charge in [0.15, 0.2) is 29.2 Å². The molecule has 3 heterocycles. The lowest BCUT2D eigenvalue weighted by Crippen LogP contribution is -2.40. The van der Waals surface area contributed by atoms with Gasteiger partial charge in [0.1, 0.15) is 17.3 Å². The van der Waals surface area contributed by atoms with Gasteiger partial charge in [0.25, 0.3) is 0 Å². The van der Waals surface area contributed by atoms with Crippen molar-refractivity contribution >= 4 is 28.0 Å². The smallest absolute Gasteiger partial charge is 0.173 e. The number of nitrogens with one attached hydrogen (secondary N) is 4. The molecule has 12 rings (SSSR count). The SMILES string of the molecule is CCCC1C(O)Cc2cc(c[nH]2)C(C)CNCC(O)Cc2ccc3ccc(cc3c2O)NC2=CC(=CCN2)C2CC#CC3CC(CC(C)C3Cc3cccc(O)c3CO)c3ccccc3C3C#CC4CC2CC1CC4C(=O)C(O)C(=O)CCc1cc(OC)c(O)cc13. The molecule has 2 aliphatic heterocycles. The van der Waals surface area contributed by atoms with Gasteiger partial charge >= 0.3 is 0 Å². The van der Waals surface area contributed by atoms with E-state index in [1.165, 1.54) is 7.11 Å². The summed E-state index contributed by atoms with van der Waals surface area (Å²) in [6, 6.07) is 29.2. The van der Waals surface area contributed by atoms with Gasteiger partial charge in [-0.05, 0) is 191 Å². The number of rotatable bonds is 6. The number of phenols is 3. The molecule has 2 fully saturated rings. The number of phenolic OH excluding ortho intramolecular Hbond substituents is 2. The van der Waals surface area contributed by atoms with Crippen LogP contribution < -0.4 is 20.7 Å². The summed E-state index contributed by atoms with van der Waals surface area (Å²) in [6.45, 7) is 7.63. The minimum atomic E-state index is -1.91. The number of carbonyl (C=O) groups is 2. The zero-order valence-electron chi connectivity index (χ0n) is 53.4. The van der Waals surface area contributed by atoms with E-state index in [1.807, 2.05) is 54.7 Å². The number of aliphatic hydroxyl groups excluding tert-OH is 4. The molecular weight excluding hydrogens is 1150 g/mol. The van der Waals surface area contributed by atoms with Gasteiger partial charge in [0.2, 0.25) is 0 Å². The topological polar surface area (TPSA) is 237 Å². The molecule has 0 spiro atoms. The number of ether oxygens (including phenoxy) is 1. The first-order valence-electron chi connectivity index (χ1n) is 33.6. The summed E-state index contributed by atoms with van der Waals surface area (Å²) in [7, 11) is 1.49. The Morgan fingerprint density at radius 3 is 2.38 bits per heavy atom. The van der Waals surface area contributed by atoms with Crippen LogP contribution in [0.25, 0.3) is 10.8 Å². The maximum absolute atomic E-state index is 15.6. The summed E-state index contributed by atoms with van der Waals surface area (Å²) >= 11 is 0. The predicted octanol–water partition coefficient (Wildman–Crippen LogP) is 11.1. The number of aromatic amines is 1. The number of Topliss-reactive ketones (excluding diaryl/α,β-unsaturated/α-hetero) is 2. The molecule has 5 aromatic carbocycles. The molecule has 2 saturated carbocycles. The molecule has 6 aromatic rings. The Hall–Kier alpha value is -7.82. The highest BCUT2D eigenvalue weighted by Gasteiger charge is 2.46. The van der Waals surface area contributed by atoms with E-state index in [0.717, 1.165) is 68.8 Å². The molecule has 11 N–H and O–H groups in total. The van der Waals surface area contributed by atoms with E-state index in [0.29, 0.717) is 86.7 Å². The highest BCUT2D eigenvalue weighted by Crippen LogP contribution is 2.51.